The van der Waals surface area contributed by atoms with Gasteiger partial charge in [-0.25, -0.2) is 0 Å². The van der Waals surface area contributed by atoms with Crippen molar-refractivity contribution in [2.24, 2.45) is 0 Å². The Labute approximate surface area is 252 Å². The number of amides is 1. The normalized spacial score (nSPS) is 16.4. The molecule has 1 unspecified atom stereocenters. The molecular formula is C28H20Cl2N4O5S2. The van der Waals surface area contributed by atoms with Crippen LogP contribution in [0.25, 0.3) is 5.76 Å². The summed E-state index contributed by atoms with van der Waals surface area (Å²) in [6.45, 7) is 3.63. The largest absolute Gasteiger partial charge is 0.507 e. The van der Waals surface area contributed by atoms with Crippen LogP contribution in [0.2, 0.25) is 10.0 Å². The molecule has 9 nitrogen and oxygen atoms in total. The summed E-state index contributed by atoms with van der Waals surface area (Å²) in [5, 5.41) is 32.2. The zero-order chi connectivity index (χ0) is 29.4. The maximum Gasteiger partial charge on any atom is 0.301 e. The summed E-state index contributed by atoms with van der Waals surface area (Å²) < 4.78 is 0.518. The molecule has 1 fully saturated rings. The molecule has 0 bridgehead atoms. The first-order valence-corrected chi connectivity index (χ1v) is 14.6. The number of hydrogen-bond acceptors (Lipinski definition) is 9. The van der Waals surface area contributed by atoms with Crippen molar-refractivity contribution in [1.29, 1.82) is 0 Å². The Balaban J connectivity index is 1.57. The molecule has 2 heterocycles. The summed E-state index contributed by atoms with van der Waals surface area (Å²) in [7, 11) is 0. The number of anilines is 1. The Morgan fingerprint density at radius 2 is 1.80 bits per heavy atom. The van der Waals surface area contributed by atoms with Crippen LogP contribution in [0, 0.1) is 24.0 Å². The van der Waals surface area contributed by atoms with Crippen LogP contribution in [-0.4, -0.2) is 31.9 Å². The van der Waals surface area contributed by atoms with Crippen LogP contribution in [0.5, 0.6) is 0 Å². The average Bonchev–Trinajstić information content (AvgIpc) is 3.51. The van der Waals surface area contributed by atoms with E-state index >= 15 is 0 Å². The number of nitro benzene ring substituents is 1. The molecule has 1 atom stereocenters. The molecule has 0 spiro atoms. The molecule has 0 saturated carbocycles. The lowest BCUT2D eigenvalue weighted by Crippen LogP contribution is -2.29. The standard InChI is InChI=1S/C28H20Cl2N4O5S2/c1-14-3-4-15(2)20(11-14)24(35)22-23(16-6-9-19(10-7-16)34(38)39)33(26(37)25(22)36)27-31-32-28(41-27)40-13-17-5-8-18(29)12-21(17)30/h3-12,23,35H,13H2,1-2H3. The van der Waals surface area contributed by atoms with Gasteiger partial charge in [0.05, 0.1) is 16.5 Å². The second-order valence-corrected chi connectivity index (χ2v) is 12.2. The molecule has 41 heavy (non-hydrogen) atoms. The van der Waals surface area contributed by atoms with E-state index in [1.807, 2.05) is 19.1 Å². The summed E-state index contributed by atoms with van der Waals surface area (Å²) in [6, 6.07) is 15.0. The Morgan fingerprint density at radius 1 is 1.07 bits per heavy atom. The quantitative estimate of drug-likeness (QED) is 0.0431. The first-order chi connectivity index (χ1) is 19.5. The van der Waals surface area contributed by atoms with Gasteiger partial charge in [-0.3, -0.25) is 24.6 Å². The summed E-state index contributed by atoms with van der Waals surface area (Å²) in [5.41, 5.74) is 2.88. The topological polar surface area (TPSA) is 127 Å². The number of carbonyl (C=O) groups excluding carboxylic acids is 2. The molecule has 1 aliphatic rings. The van der Waals surface area contributed by atoms with Crippen molar-refractivity contribution in [3.63, 3.8) is 0 Å². The van der Waals surface area contributed by atoms with Crippen molar-refractivity contribution in [3.8, 4) is 0 Å². The van der Waals surface area contributed by atoms with E-state index in [1.165, 1.54) is 40.9 Å². The maximum absolute atomic E-state index is 13.5. The van der Waals surface area contributed by atoms with Crippen LogP contribution in [0.1, 0.15) is 33.9 Å². The molecule has 4 aromatic rings. The van der Waals surface area contributed by atoms with Gasteiger partial charge < -0.3 is 5.11 Å². The number of carbonyl (C=O) groups is 2. The van der Waals surface area contributed by atoms with Crippen molar-refractivity contribution >= 4 is 74.6 Å². The number of Topliss-reactive ketones (excluding diaryl/α,β-unsaturated/α-hetero) is 1. The Hall–Kier alpha value is -3.77. The van der Waals surface area contributed by atoms with Crippen LogP contribution in [0.15, 0.2) is 70.6 Å². The van der Waals surface area contributed by atoms with E-state index in [4.69, 9.17) is 23.2 Å². The fourth-order valence-electron chi connectivity index (χ4n) is 4.40. The molecular weight excluding hydrogens is 607 g/mol. The minimum absolute atomic E-state index is 0.139. The van der Waals surface area contributed by atoms with Gasteiger partial charge in [0, 0.05) is 33.5 Å². The number of non-ortho nitro benzene ring substituents is 1. The number of aliphatic hydroxyl groups is 1. The molecule has 0 aliphatic carbocycles. The molecule has 1 aromatic heterocycles. The first kappa shape index (κ1) is 28.7. The van der Waals surface area contributed by atoms with Gasteiger partial charge in [-0.1, -0.05) is 70.1 Å². The smallest absolute Gasteiger partial charge is 0.301 e. The van der Waals surface area contributed by atoms with Crippen molar-refractivity contribution in [1.82, 2.24) is 10.2 Å². The second-order valence-electron chi connectivity index (χ2n) is 9.21. The van der Waals surface area contributed by atoms with Crippen molar-refractivity contribution in [2.75, 3.05) is 4.90 Å². The van der Waals surface area contributed by atoms with Crippen molar-refractivity contribution in [3.05, 3.63) is 114 Å². The summed E-state index contributed by atoms with van der Waals surface area (Å²) in [5.74, 6) is -1.67. The van der Waals surface area contributed by atoms with Gasteiger partial charge in [-0.2, -0.15) is 0 Å². The van der Waals surface area contributed by atoms with Crippen molar-refractivity contribution < 1.29 is 19.6 Å². The predicted molar refractivity (Wildman–Crippen MR) is 160 cm³/mol. The number of aryl methyl sites for hydroxylation is 2. The fourth-order valence-corrected chi connectivity index (χ4v) is 6.82. The maximum atomic E-state index is 13.5. The zero-order valence-electron chi connectivity index (χ0n) is 21.5. The third-order valence-corrected chi connectivity index (χ3v) is 9.17. The number of rotatable bonds is 7. The number of nitro groups is 1. The lowest BCUT2D eigenvalue weighted by Gasteiger charge is -2.22. The third-order valence-electron chi connectivity index (χ3n) is 6.48. The van der Waals surface area contributed by atoms with E-state index in [-0.39, 0.29) is 22.2 Å². The fraction of sp³-hybridized carbons (Fsp3) is 0.143. The second kappa shape index (κ2) is 11.6. The molecule has 1 N–H and O–H groups in total. The van der Waals surface area contributed by atoms with Crippen LogP contribution < -0.4 is 4.90 Å². The summed E-state index contributed by atoms with van der Waals surface area (Å²) in [4.78, 5) is 38.8. The van der Waals surface area contributed by atoms with Gasteiger partial charge in [-0.05, 0) is 60.9 Å². The minimum Gasteiger partial charge on any atom is -0.507 e. The number of hydrogen-bond donors (Lipinski definition) is 1. The van der Waals surface area contributed by atoms with E-state index in [2.05, 4.69) is 10.2 Å². The zero-order valence-corrected chi connectivity index (χ0v) is 24.6. The number of benzene rings is 3. The minimum atomic E-state index is -1.09. The van der Waals surface area contributed by atoms with Crippen molar-refractivity contribution in [2.45, 2.75) is 30.0 Å². The number of aliphatic hydroxyl groups excluding tert-OH is 1. The van der Waals surface area contributed by atoms with E-state index < -0.39 is 22.7 Å². The summed E-state index contributed by atoms with van der Waals surface area (Å²) >= 11 is 14.7. The molecule has 1 aliphatic heterocycles. The molecule has 3 aromatic carbocycles. The van der Waals surface area contributed by atoms with E-state index in [0.717, 1.165) is 22.5 Å². The third kappa shape index (κ3) is 5.71. The van der Waals surface area contributed by atoms with Gasteiger partial charge >= 0.3 is 5.91 Å². The van der Waals surface area contributed by atoms with E-state index in [0.29, 0.717) is 36.8 Å². The highest BCUT2D eigenvalue weighted by molar-refractivity contribution is 8.00. The van der Waals surface area contributed by atoms with Gasteiger partial charge in [0.15, 0.2) is 4.34 Å². The number of nitrogens with zero attached hydrogens (tertiary/aromatic N) is 4. The van der Waals surface area contributed by atoms with Gasteiger partial charge in [0.25, 0.3) is 11.5 Å². The Morgan fingerprint density at radius 3 is 2.49 bits per heavy atom. The molecule has 0 radical (unpaired) electrons. The SMILES string of the molecule is Cc1ccc(C)c(C(O)=C2C(=O)C(=O)N(c3nnc(SCc4ccc(Cl)cc4Cl)s3)C2c2ccc([N+](=O)[O-])cc2)c1. The van der Waals surface area contributed by atoms with Crippen LogP contribution >= 0.6 is 46.3 Å². The number of ketones is 1. The van der Waals surface area contributed by atoms with E-state index in [1.54, 1.807) is 31.2 Å². The number of aromatic nitrogens is 2. The Kier molecular flexibility index (Phi) is 8.14. The Bertz CT molecular complexity index is 1740. The van der Waals surface area contributed by atoms with Gasteiger partial charge in [-0.15, -0.1) is 10.2 Å². The van der Waals surface area contributed by atoms with E-state index in [9.17, 15) is 24.8 Å². The predicted octanol–water partition coefficient (Wildman–Crippen LogP) is 7.29. The van der Waals surface area contributed by atoms with Crippen LogP contribution in [-0.2, 0) is 15.3 Å². The highest BCUT2D eigenvalue weighted by Gasteiger charge is 2.48. The average molecular weight is 628 g/mol. The van der Waals surface area contributed by atoms with Gasteiger partial charge in [0.1, 0.15) is 5.76 Å². The molecule has 13 heteroatoms. The highest BCUT2D eigenvalue weighted by atomic mass is 35.5. The lowest BCUT2D eigenvalue weighted by atomic mass is 9.93. The van der Waals surface area contributed by atoms with Crippen LogP contribution in [0.3, 0.4) is 0 Å². The molecule has 5 rings (SSSR count). The number of halogens is 2. The molecule has 1 amide bonds. The molecule has 1 saturated heterocycles. The lowest BCUT2D eigenvalue weighted by molar-refractivity contribution is -0.384. The van der Waals surface area contributed by atoms with Crippen LogP contribution in [0.4, 0.5) is 10.8 Å². The molecule has 208 valence electrons. The first-order valence-electron chi connectivity index (χ1n) is 12.1. The van der Waals surface area contributed by atoms with Gasteiger partial charge in [0.2, 0.25) is 5.13 Å². The number of thioether (sulfide) groups is 1. The monoisotopic (exact) mass is 626 g/mol. The summed E-state index contributed by atoms with van der Waals surface area (Å²) in [6.07, 6.45) is 0. The highest BCUT2D eigenvalue weighted by Crippen LogP contribution is 2.44.